The molecule has 2 saturated carbocycles. The summed E-state index contributed by atoms with van der Waals surface area (Å²) in [5, 5.41) is 5.27. The van der Waals surface area contributed by atoms with E-state index in [0.717, 1.165) is 30.6 Å². The molecule has 2 aliphatic rings. The second kappa shape index (κ2) is 6.13. The minimum atomic E-state index is -3.35. The minimum Gasteiger partial charge on any atom is -0.309 e. The molecule has 0 aromatic carbocycles. The number of hydrogen-bond acceptors (Lipinski definition) is 4. The van der Waals surface area contributed by atoms with E-state index in [9.17, 15) is 8.42 Å². The molecule has 6 heteroatoms. The summed E-state index contributed by atoms with van der Waals surface area (Å²) in [6.07, 6.45) is 7.87. The van der Waals surface area contributed by atoms with Crippen molar-refractivity contribution in [1.82, 2.24) is 10.0 Å². The molecule has 1 heterocycles. The molecule has 2 fully saturated rings. The van der Waals surface area contributed by atoms with Gasteiger partial charge in [-0.3, -0.25) is 0 Å². The Morgan fingerprint density at radius 3 is 2.55 bits per heavy atom. The molecule has 2 N–H and O–H groups in total. The van der Waals surface area contributed by atoms with Gasteiger partial charge in [0.1, 0.15) is 0 Å². The molecule has 112 valence electrons. The first-order chi connectivity index (χ1) is 9.65. The van der Waals surface area contributed by atoms with E-state index < -0.39 is 10.0 Å². The van der Waals surface area contributed by atoms with Gasteiger partial charge in [0.2, 0.25) is 10.0 Å². The molecule has 4 nitrogen and oxygen atoms in total. The van der Waals surface area contributed by atoms with Crippen LogP contribution in [-0.2, 0) is 16.6 Å². The van der Waals surface area contributed by atoms with Gasteiger partial charge in [-0.25, -0.2) is 13.1 Å². The summed E-state index contributed by atoms with van der Waals surface area (Å²) in [6, 6.07) is 2.46. The van der Waals surface area contributed by atoms with Gasteiger partial charge in [0, 0.05) is 23.5 Å². The highest BCUT2D eigenvalue weighted by atomic mass is 32.2. The average Bonchev–Trinajstić information content (AvgIpc) is 3.13. The molecule has 0 aliphatic heterocycles. The highest BCUT2D eigenvalue weighted by Crippen LogP contribution is 2.26. The zero-order valence-corrected chi connectivity index (χ0v) is 13.2. The lowest BCUT2D eigenvalue weighted by atomic mass is 9.96. The highest BCUT2D eigenvalue weighted by Gasteiger charge is 2.26. The summed E-state index contributed by atoms with van der Waals surface area (Å²) in [6.45, 7) is 0.670. The van der Waals surface area contributed by atoms with Crippen LogP contribution in [0.5, 0.6) is 0 Å². The van der Waals surface area contributed by atoms with Crippen LogP contribution in [0.15, 0.2) is 16.3 Å². The Hall–Kier alpha value is -0.430. The molecule has 0 saturated heterocycles. The number of hydrogen-bond donors (Lipinski definition) is 2. The first kappa shape index (κ1) is 14.5. The van der Waals surface area contributed by atoms with E-state index in [2.05, 4.69) is 10.0 Å². The molecular formula is C14H22N2O2S2. The van der Waals surface area contributed by atoms with Crippen molar-refractivity contribution >= 4 is 21.4 Å². The average molecular weight is 314 g/mol. The maximum absolute atomic E-state index is 12.5. The SMILES string of the molecule is O=S(=O)(NC1CCCCC1)c1ccsc1CNC1CC1. The summed E-state index contributed by atoms with van der Waals surface area (Å²) in [7, 11) is -3.35. The number of rotatable bonds is 6. The fraction of sp³-hybridized carbons (Fsp3) is 0.714. The molecule has 20 heavy (non-hydrogen) atoms. The summed E-state index contributed by atoms with van der Waals surface area (Å²) in [4.78, 5) is 1.40. The molecule has 0 bridgehead atoms. The van der Waals surface area contributed by atoms with Gasteiger partial charge < -0.3 is 5.32 Å². The van der Waals surface area contributed by atoms with E-state index >= 15 is 0 Å². The Balaban J connectivity index is 1.67. The fourth-order valence-electron chi connectivity index (χ4n) is 2.73. The quantitative estimate of drug-likeness (QED) is 0.848. The standard InChI is InChI=1S/C14H22N2O2S2/c17-20(18,16-12-4-2-1-3-5-12)14-8-9-19-13(14)10-15-11-6-7-11/h8-9,11-12,15-16H,1-7,10H2. The van der Waals surface area contributed by atoms with Crippen LogP contribution >= 0.6 is 11.3 Å². The van der Waals surface area contributed by atoms with Crippen molar-refractivity contribution < 1.29 is 8.42 Å². The molecule has 3 rings (SSSR count). The van der Waals surface area contributed by atoms with Crippen LogP contribution in [0.3, 0.4) is 0 Å². The smallest absolute Gasteiger partial charge is 0.241 e. The zero-order chi connectivity index (χ0) is 14.0. The molecule has 1 aromatic rings. The van der Waals surface area contributed by atoms with Gasteiger partial charge in [0.15, 0.2) is 0 Å². The van der Waals surface area contributed by atoms with Gasteiger partial charge in [-0.05, 0) is 37.1 Å². The predicted octanol–water partition coefficient (Wildman–Crippen LogP) is 2.61. The second-order valence-corrected chi connectivity index (χ2v) is 8.50. The third-order valence-electron chi connectivity index (χ3n) is 4.05. The molecule has 0 atom stereocenters. The van der Waals surface area contributed by atoms with E-state index in [1.807, 2.05) is 5.38 Å². The summed E-state index contributed by atoms with van der Waals surface area (Å²) in [5.74, 6) is 0. The molecule has 1 aromatic heterocycles. The lowest BCUT2D eigenvalue weighted by molar-refractivity contribution is 0.412. The Morgan fingerprint density at radius 1 is 1.10 bits per heavy atom. The molecule has 2 aliphatic carbocycles. The first-order valence-corrected chi connectivity index (χ1v) is 9.83. The largest absolute Gasteiger partial charge is 0.309 e. The van der Waals surface area contributed by atoms with E-state index in [1.54, 1.807) is 6.07 Å². The van der Waals surface area contributed by atoms with Gasteiger partial charge in [-0.2, -0.15) is 0 Å². The first-order valence-electron chi connectivity index (χ1n) is 7.47. The van der Waals surface area contributed by atoms with E-state index in [4.69, 9.17) is 0 Å². The fourth-order valence-corrected chi connectivity index (χ4v) is 5.42. The maximum atomic E-state index is 12.5. The van der Waals surface area contributed by atoms with Crippen molar-refractivity contribution in [1.29, 1.82) is 0 Å². The molecular weight excluding hydrogens is 292 g/mol. The third kappa shape index (κ3) is 3.61. The maximum Gasteiger partial charge on any atom is 0.241 e. The van der Waals surface area contributed by atoms with Gasteiger partial charge in [-0.1, -0.05) is 19.3 Å². The van der Waals surface area contributed by atoms with Crippen molar-refractivity contribution in [3.63, 3.8) is 0 Å². The van der Waals surface area contributed by atoms with Crippen molar-refractivity contribution in [3.05, 3.63) is 16.3 Å². The summed E-state index contributed by atoms with van der Waals surface area (Å²) in [5.41, 5.74) is 0. The minimum absolute atomic E-state index is 0.123. The second-order valence-electron chi connectivity index (χ2n) is 5.82. The topological polar surface area (TPSA) is 58.2 Å². The van der Waals surface area contributed by atoms with Crippen LogP contribution in [-0.4, -0.2) is 20.5 Å². The number of nitrogens with one attached hydrogen (secondary N) is 2. The zero-order valence-electron chi connectivity index (χ0n) is 11.6. The Labute approximate surface area is 125 Å². The van der Waals surface area contributed by atoms with E-state index in [1.165, 1.54) is 30.6 Å². The van der Waals surface area contributed by atoms with Crippen LogP contribution in [0.4, 0.5) is 0 Å². The molecule has 0 unspecified atom stereocenters. The van der Waals surface area contributed by atoms with Crippen LogP contribution < -0.4 is 10.0 Å². The van der Waals surface area contributed by atoms with Crippen molar-refractivity contribution in [2.45, 2.75) is 68.5 Å². The number of sulfonamides is 1. The monoisotopic (exact) mass is 314 g/mol. The lowest BCUT2D eigenvalue weighted by Crippen LogP contribution is -2.36. The highest BCUT2D eigenvalue weighted by molar-refractivity contribution is 7.89. The Kier molecular flexibility index (Phi) is 4.45. The van der Waals surface area contributed by atoms with Crippen LogP contribution in [0.25, 0.3) is 0 Å². The summed E-state index contributed by atoms with van der Waals surface area (Å²) >= 11 is 1.53. The summed E-state index contributed by atoms with van der Waals surface area (Å²) < 4.78 is 27.9. The lowest BCUT2D eigenvalue weighted by Gasteiger charge is -2.22. The van der Waals surface area contributed by atoms with Crippen molar-refractivity contribution in [2.24, 2.45) is 0 Å². The van der Waals surface area contributed by atoms with Crippen LogP contribution in [0, 0.1) is 0 Å². The van der Waals surface area contributed by atoms with Crippen LogP contribution in [0.1, 0.15) is 49.8 Å². The van der Waals surface area contributed by atoms with E-state index in [-0.39, 0.29) is 6.04 Å². The Morgan fingerprint density at radius 2 is 1.85 bits per heavy atom. The third-order valence-corrected chi connectivity index (χ3v) is 6.70. The molecule has 0 spiro atoms. The normalized spacial score (nSPS) is 21.2. The van der Waals surface area contributed by atoms with Crippen molar-refractivity contribution in [3.8, 4) is 0 Å². The number of thiophene rings is 1. The predicted molar refractivity (Wildman–Crippen MR) is 81.4 cm³/mol. The Bertz CT molecular complexity index is 543. The van der Waals surface area contributed by atoms with Gasteiger partial charge in [0.25, 0.3) is 0 Å². The van der Waals surface area contributed by atoms with Gasteiger partial charge >= 0.3 is 0 Å². The van der Waals surface area contributed by atoms with Gasteiger partial charge in [-0.15, -0.1) is 11.3 Å². The van der Waals surface area contributed by atoms with Crippen molar-refractivity contribution in [2.75, 3.05) is 0 Å². The van der Waals surface area contributed by atoms with Gasteiger partial charge in [0.05, 0.1) is 4.90 Å². The van der Waals surface area contributed by atoms with E-state index in [0.29, 0.717) is 17.5 Å². The molecule has 0 amide bonds. The molecule has 0 radical (unpaired) electrons. The van der Waals surface area contributed by atoms with Crippen LogP contribution in [0.2, 0.25) is 0 Å².